The summed E-state index contributed by atoms with van der Waals surface area (Å²) in [5, 5.41) is 2.38. The van der Waals surface area contributed by atoms with Gasteiger partial charge in [0.25, 0.3) is 5.91 Å². The minimum absolute atomic E-state index is 0.000756. The van der Waals surface area contributed by atoms with Crippen molar-refractivity contribution in [3.8, 4) is 22.1 Å². The molecule has 10 heteroatoms. The van der Waals surface area contributed by atoms with Crippen LogP contribution in [-0.2, 0) is 12.7 Å². The summed E-state index contributed by atoms with van der Waals surface area (Å²) in [4.78, 5) is 15.5. The molecule has 3 rings (SSSR count). The van der Waals surface area contributed by atoms with Crippen molar-refractivity contribution < 1.29 is 31.8 Å². The molecule has 0 radical (unpaired) electrons. The van der Waals surface area contributed by atoms with Gasteiger partial charge in [-0.3, -0.25) is 4.79 Å². The molecule has 1 aromatic heterocycles. The summed E-state index contributed by atoms with van der Waals surface area (Å²) in [5.74, 6) is -0.736. The lowest BCUT2D eigenvalue weighted by molar-refractivity contribution is -0.141. The van der Waals surface area contributed by atoms with Crippen molar-refractivity contribution in [2.24, 2.45) is 0 Å². The Bertz CT molecular complexity index is 1070. The first-order valence-electron chi connectivity index (χ1n) is 8.56. The molecule has 30 heavy (non-hydrogen) atoms. The highest BCUT2D eigenvalue weighted by Gasteiger charge is 2.39. The second kappa shape index (κ2) is 8.70. The van der Waals surface area contributed by atoms with Gasteiger partial charge in [0, 0.05) is 12.1 Å². The van der Waals surface area contributed by atoms with Gasteiger partial charge in [-0.2, -0.15) is 13.2 Å². The molecule has 1 amide bonds. The third kappa shape index (κ3) is 4.70. The van der Waals surface area contributed by atoms with Gasteiger partial charge in [0.05, 0.1) is 14.2 Å². The van der Waals surface area contributed by atoms with E-state index < -0.39 is 28.5 Å². The van der Waals surface area contributed by atoms with Gasteiger partial charge in [0.15, 0.2) is 17.2 Å². The molecule has 2 aromatic carbocycles. The Morgan fingerprint density at radius 3 is 2.47 bits per heavy atom. The number of thiazole rings is 1. The largest absolute Gasteiger partial charge is 0.493 e. The number of rotatable bonds is 6. The van der Waals surface area contributed by atoms with Gasteiger partial charge in [-0.15, -0.1) is 11.3 Å². The first kappa shape index (κ1) is 21.6. The van der Waals surface area contributed by atoms with Gasteiger partial charge in [-0.05, 0) is 35.9 Å². The number of carbonyl (C=O) groups excluding carboxylic acids is 1. The van der Waals surface area contributed by atoms with E-state index in [1.165, 1.54) is 50.6 Å². The van der Waals surface area contributed by atoms with Crippen molar-refractivity contribution in [2.75, 3.05) is 14.2 Å². The van der Waals surface area contributed by atoms with Crippen LogP contribution in [0.3, 0.4) is 0 Å². The van der Waals surface area contributed by atoms with Crippen LogP contribution in [0.5, 0.6) is 11.5 Å². The van der Waals surface area contributed by atoms with Crippen LogP contribution in [-0.4, -0.2) is 25.1 Å². The van der Waals surface area contributed by atoms with Crippen molar-refractivity contribution in [1.29, 1.82) is 0 Å². The van der Waals surface area contributed by atoms with E-state index in [1.54, 1.807) is 6.07 Å². The van der Waals surface area contributed by atoms with E-state index in [1.807, 2.05) is 0 Å². The molecule has 0 bridgehead atoms. The summed E-state index contributed by atoms with van der Waals surface area (Å²) in [6.45, 7) is -0.127. The molecule has 3 aromatic rings. The molecule has 0 aliphatic rings. The maximum Gasteiger partial charge on any atom is 0.435 e. The number of benzene rings is 2. The zero-order chi connectivity index (χ0) is 21.9. The zero-order valence-electron chi connectivity index (χ0n) is 15.8. The lowest BCUT2D eigenvalue weighted by Crippen LogP contribution is -2.24. The molecular formula is C20H16F4N2O3S. The highest BCUT2D eigenvalue weighted by atomic mass is 32.1. The zero-order valence-corrected chi connectivity index (χ0v) is 16.7. The molecule has 5 nitrogen and oxygen atoms in total. The Labute approximate surface area is 173 Å². The van der Waals surface area contributed by atoms with Crippen LogP contribution in [0.4, 0.5) is 17.6 Å². The van der Waals surface area contributed by atoms with E-state index in [9.17, 15) is 22.4 Å². The fourth-order valence-corrected chi connectivity index (χ4v) is 3.67. The summed E-state index contributed by atoms with van der Waals surface area (Å²) < 4.78 is 64.0. The molecule has 0 saturated heterocycles. The Morgan fingerprint density at radius 2 is 1.83 bits per heavy atom. The molecular weight excluding hydrogens is 424 g/mol. The number of alkyl halides is 3. The Balaban J connectivity index is 1.92. The van der Waals surface area contributed by atoms with Gasteiger partial charge >= 0.3 is 6.18 Å². The number of nitrogens with one attached hydrogen (secondary N) is 1. The Morgan fingerprint density at radius 1 is 1.10 bits per heavy atom. The average molecular weight is 440 g/mol. The highest BCUT2D eigenvalue weighted by Crippen LogP contribution is 2.39. The lowest BCUT2D eigenvalue weighted by Gasteiger charge is -2.08. The van der Waals surface area contributed by atoms with E-state index in [4.69, 9.17) is 9.47 Å². The smallest absolute Gasteiger partial charge is 0.435 e. The summed E-state index contributed by atoms with van der Waals surface area (Å²) in [5.41, 5.74) is -0.525. The van der Waals surface area contributed by atoms with E-state index in [2.05, 4.69) is 10.3 Å². The summed E-state index contributed by atoms with van der Waals surface area (Å²) in [6.07, 6.45) is -4.82. The first-order chi connectivity index (χ1) is 14.2. The van der Waals surface area contributed by atoms with Crippen LogP contribution < -0.4 is 14.8 Å². The van der Waals surface area contributed by atoms with Crippen molar-refractivity contribution in [3.05, 3.63) is 64.4 Å². The molecule has 0 unspecified atom stereocenters. The number of hydrogen-bond acceptors (Lipinski definition) is 5. The number of ether oxygens (including phenoxy) is 2. The van der Waals surface area contributed by atoms with Crippen LogP contribution in [0.1, 0.15) is 20.9 Å². The second-order valence-corrected chi connectivity index (χ2v) is 7.08. The fraction of sp³-hybridized carbons (Fsp3) is 0.200. The second-order valence-electron chi connectivity index (χ2n) is 6.08. The Kier molecular flexibility index (Phi) is 6.25. The number of halogens is 4. The monoisotopic (exact) mass is 440 g/mol. The van der Waals surface area contributed by atoms with Crippen LogP contribution in [0.15, 0.2) is 42.5 Å². The van der Waals surface area contributed by atoms with Crippen LogP contribution in [0.25, 0.3) is 10.6 Å². The first-order valence-corrected chi connectivity index (χ1v) is 9.37. The summed E-state index contributed by atoms with van der Waals surface area (Å²) >= 11 is 0.605. The molecule has 1 N–H and O–H groups in total. The van der Waals surface area contributed by atoms with Crippen LogP contribution in [0, 0.1) is 5.82 Å². The Hall–Kier alpha value is -3.14. The number of hydrogen-bond donors (Lipinski definition) is 1. The molecule has 0 aliphatic heterocycles. The van der Waals surface area contributed by atoms with Crippen molar-refractivity contribution >= 4 is 17.2 Å². The number of nitrogens with zero attached hydrogens (tertiary/aromatic N) is 1. The highest BCUT2D eigenvalue weighted by molar-refractivity contribution is 7.17. The van der Waals surface area contributed by atoms with Crippen molar-refractivity contribution in [1.82, 2.24) is 10.3 Å². The lowest BCUT2D eigenvalue weighted by atomic mass is 10.2. The molecule has 1 heterocycles. The molecule has 0 aliphatic carbocycles. The van der Waals surface area contributed by atoms with Gasteiger partial charge in [-0.1, -0.05) is 12.1 Å². The third-order valence-electron chi connectivity index (χ3n) is 4.07. The summed E-state index contributed by atoms with van der Waals surface area (Å²) in [7, 11) is 2.83. The predicted octanol–water partition coefficient (Wildman–Crippen LogP) is 4.92. The van der Waals surface area contributed by atoms with Crippen molar-refractivity contribution in [3.63, 3.8) is 0 Å². The van der Waals surface area contributed by atoms with E-state index in [-0.39, 0.29) is 11.6 Å². The average Bonchev–Trinajstić information content (AvgIpc) is 3.18. The fourth-order valence-electron chi connectivity index (χ4n) is 2.67. The summed E-state index contributed by atoms with van der Waals surface area (Å²) in [6, 6.07) is 9.95. The number of carbonyl (C=O) groups is 1. The molecule has 0 saturated carbocycles. The van der Waals surface area contributed by atoms with E-state index >= 15 is 0 Å². The standard InChI is InChI=1S/C20H16F4N2O3S/c1-28-14-7-6-12(9-15(14)29-2)19-26-17(20(22,23)24)16(30-19)18(27)25-10-11-4-3-5-13(21)8-11/h3-9H,10H2,1-2H3,(H,25,27). The van der Waals surface area contributed by atoms with Crippen LogP contribution in [0.2, 0.25) is 0 Å². The van der Waals surface area contributed by atoms with Gasteiger partial charge in [-0.25, -0.2) is 9.37 Å². The number of amides is 1. The quantitative estimate of drug-likeness (QED) is 0.553. The molecule has 0 fully saturated rings. The topological polar surface area (TPSA) is 60.5 Å². The number of aromatic nitrogens is 1. The molecule has 0 atom stereocenters. The normalized spacial score (nSPS) is 11.3. The minimum atomic E-state index is -4.82. The maximum atomic E-state index is 13.5. The number of methoxy groups -OCH3 is 2. The molecule has 158 valence electrons. The van der Waals surface area contributed by atoms with E-state index in [0.29, 0.717) is 34.0 Å². The van der Waals surface area contributed by atoms with Crippen molar-refractivity contribution in [2.45, 2.75) is 12.7 Å². The van der Waals surface area contributed by atoms with E-state index in [0.717, 1.165) is 0 Å². The van der Waals surface area contributed by atoms with Gasteiger partial charge in [0.2, 0.25) is 0 Å². The third-order valence-corrected chi connectivity index (χ3v) is 5.18. The minimum Gasteiger partial charge on any atom is -0.493 e. The predicted molar refractivity (Wildman–Crippen MR) is 103 cm³/mol. The van der Waals surface area contributed by atoms with Crippen LogP contribution >= 0.6 is 11.3 Å². The van der Waals surface area contributed by atoms with Gasteiger partial charge in [0.1, 0.15) is 15.7 Å². The SMILES string of the molecule is COc1ccc(-c2nc(C(F)(F)F)c(C(=O)NCc3cccc(F)c3)s2)cc1OC. The molecule has 0 spiro atoms. The van der Waals surface area contributed by atoms with Gasteiger partial charge < -0.3 is 14.8 Å². The maximum absolute atomic E-state index is 13.5.